The Morgan fingerprint density at radius 2 is 1.27 bits per heavy atom. The summed E-state index contributed by atoms with van der Waals surface area (Å²) in [7, 11) is 0. The maximum atomic E-state index is 11.3. The lowest BCUT2D eigenvalue weighted by Crippen LogP contribution is -2.15. The highest BCUT2D eigenvalue weighted by Crippen LogP contribution is 2.13. The van der Waals surface area contributed by atoms with Gasteiger partial charge in [-0.3, -0.25) is 4.79 Å². The van der Waals surface area contributed by atoms with Crippen LogP contribution in [-0.4, -0.2) is 23.8 Å². The number of aliphatic hydroxyl groups excluding tert-OH is 1. The summed E-state index contributed by atoms with van der Waals surface area (Å²) in [6.07, 6.45) is 16.5. The molecule has 22 heavy (non-hydrogen) atoms. The predicted octanol–water partition coefficient (Wildman–Crippen LogP) is 5.21. The second-order valence-electron chi connectivity index (χ2n) is 6.33. The molecule has 1 unspecified atom stereocenters. The Labute approximate surface area is 137 Å². The molecule has 0 bridgehead atoms. The van der Waals surface area contributed by atoms with Crippen LogP contribution in [0.15, 0.2) is 0 Å². The third kappa shape index (κ3) is 17.5. The number of rotatable bonds is 16. The molecule has 3 heteroatoms. The monoisotopic (exact) mass is 313 g/mol. The molecule has 0 saturated heterocycles. The number of aliphatic hydroxyl groups is 1. The third-order valence-corrected chi connectivity index (χ3v) is 3.92. The molecule has 1 radical (unpaired) electrons. The summed E-state index contributed by atoms with van der Waals surface area (Å²) in [5.41, 5.74) is 0. The summed E-state index contributed by atoms with van der Waals surface area (Å²) in [5, 5.41) is 8.90. The normalized spacial score (nSPS) is 12.3. The SMILES string of the molecule is [CH2]C(O)COC(=O)CCCCCCCCCCCCCCC. The summed E-state index contributed by atoms with van der Waals surface area (Å²) in [5.74, 6) is -0.217. The van der Waals surface area contributed by atoms with E-state index in [9.17, 15) is 4.79 Å². The van der Waals surface area contributed by atoms with Crippen molar-refractivity contribution >= 4 is 5.97 Å². The minimum atomic E-state index is -0.810. The van der Waals surface area contributed by atoms with Crippen LogP contribution < -0.4 is 0 Å². The molecule has 0 aliphatic carbocycles. The van der Waals surface area contributed by atoms with Crippen LogP contribution in [0.4, 0.5) is 0 Å². The van der Waals surface area contributed by atoms with Gasteiger partial charge in [0.25, 0.3) is 0 Å². The Balaban J connectivity index is 3.09. The van der Waals surface area contributed by atoms with Gasteiger partial charge in [-0.2, -0.15) is 0 Å². The molecule has 0 aliphatic rings. The minimum absolute atomic E-state index is 0.0112. The fourth-order valence-corrected chi connectivity index (χ4v) is 2.55. The highest BCUT2D eigenvalue weighted by Gasteiger charge is 2.04. The van der Waals surface area contributed by atoms with E-state index >= 15 is 0 Å². The van der Waals surface area contributed by atoms with Gasteiger partial charge in [-0.25, -0.2) is 0 Å². The summed E-state index contributed by atoms with van der Waals surface area (Å²) in [4.78, 5) is 11.3. The van der Waals surface area contributed by atoms with Crippen LogP contribution in [-0.2, 0) is 9.53 Å². The van der Waals surface area contributed by atoms with Crippen molar-refractivity contribution in [3.05, 3.63) is 6.92 Å². The molecule has 3 nitrogen and oxygen atoms in total. The van der Waals surface area contributed by atoms with Crippen LogP contribution in [0.25, 0.3) is 0 Å². The molecule has 0 aromatic carbocycles. The lowest BCUT2D eigenvalue weighted by atomic mass is 10.0. The van der Waals surface area contributed by atoms with E-state index in [0.29, 0.717) is 6.42 Å². The Morgan fingerprint density at radius 1 is 0.864 bits per heavy atom. The first-order chi connectivity index (χ1) is 10.7. The predicted molar refractivity (Wildman–Crippen MR) is 92.6 cm³/mol. The van der Waals surface area contributed by atoms with Crippen LogP contribution >= 0.6 is 0 Å². The Bertz CT molecular complexity index is 239. The molecule has 0 rings (SSSR count). The molecule has 0 heterocycles. The maximum Gasteiger partial charge on any atom is 0.305 e. The standard InChI is InChI=1S/C19H37O3/c1-3-4-5-6-7-8-9-10-11-12-13-14-15-16-19(21)22-17-18(2)20/h18,20H,2-17H2,1H3. The molecule has 1 N–H and O–H groups in total. The van der Waals surface area contributed by atoms with Crippen LogP contribution in [0.5, 0.6) is 0 Å². The minimum Gasteiger partial charge on any atom is -0.463 e. The first kappa shape index (κ1) is 21.4. The van der Waals surface area contributed by atoms with Crippen molar-refractivity contribution in [3.8, 4) is 0 Å². The van der Waals surface area contributed by atoms with Gasteiger partial charge in [0, 0.05) is 6.42 Å². The van der Waals surface area contributed by atoms with E-state index in [0.717, 1.165) is 12.8 Å². The zero-order valence-electron chi connectivity index (χ0n) is 14.7. The van der Waals surface area contributed by atoms with Crippen LogP contribution in [0, 0.1) is 6.92 Å². The molecule has 0 aliphatic heterocycles. The molecule has 0 fully saturated rings. The molecule has 1 atom stereocenters. The van der Waals surface area contributed by atoms with E-state index in [1.54, 1.807) is 0 Å². The van der Waals surface area contributed by atoms with Crippen LogP contribution in [0.3, 0.4) is 0 Å². The Morgan fingerprint density at radius 3 is 1.68 bits per heavy atom. The number of carbonyl (C=O) groups excluding carboxylic acids is 1. The molecule has 0 amide bonds. The highest BCUT2D eigenvalue weighted by atomic mass is 16.5. The Kier molecular flexibility index (Phi) is 16.4. The summed E-state index contributed by atoms with van der Waals surface area (Å²) >= 11 is 0. The lowest BCUT2D eigenvalue weighted by Gasteiger charge is -2.06. The number of hydrogen-bond acceptors (Lipinski definition) is 3. The van der Waals surface area contributed by atoms with E-state index in [1.807, 2.05) is 0 Å². The number of carbonyl (C=O) groups is 1. The second-order valence-corrected chi connectivity index (χ2v) is 6.33. The van der Waals surface area contributed by atoms with Crippen LogP contribution in [0.1, 0.15) is 96.8 Å². The average molecular weight is 314 g/mol. The van der Waals surface area contributed by atoms with Crippen molar-refractivity contribution in [2.45, 2.75) is 103 Å². The molecule has 131 valence electrons. The lowest BCUT2D eigenvalue weighted by molar-refractivity contribution is -0.146. The first-order valence-corrected chi connectivity index (χ1v) is 9.33. The van der Waals surface area contributed by atoms with Crippen molar-refractivity contribution in [1.82, 2.24) is 0 Å². The van der Waals surface area contributed by atoms with E-state index in [4.69, 9.17) is 9.84 Å². The summed E-state index contributed by atoms with van der Waals surface area (Å²) in [6.45, 7) is 5.63. The number of ether oxygens (including phenoxy) is 1. The number of unbranched alkanes of at least 4 members (excludes halogenated alkanes) is 12. The topological polar surface area (TPSA) is 46.5 Å². The van der Waals surface area contributed by atoms with E-state index in [2.05, 4.69) is 13.8 Å². The van der Waals surface area contributed by atoms with Crippen molar-refractivity contribution < 1.29 is 14.6 Å². The number of esters is 1. The van der Waals surface area contributed by atoms with Gasteiger partial charge in [-0.05, 0) is 13.3 Å². The number of hydrogen-bond donors (Lipinski definition) is 1. The van der Waals surface area contributed by atoms with Crippen molar-refractivity contribution in [3.63, 3.8) is 0 Å². The first-order valence-electron chi connectivity index (χ1n) is 9.33. The second kappa shape index (κ2) is 16.8. The van der Waals surface area contributed by atoms with Gasteiger partial charge >= 0.3 is 5.97 Å². The zero-order chi connectivity index (χ0) is 16.5. The zero-order valence-corrected chi connectivity index (χ0v) is 14.7. The summed E-state index contributed by atoms with van der Waals surface area (Å²) < 4.78 is 4.86. The molecular formula is C19H37O3. The molecule has 0 aromatic heterocycles. The van der Waals surface area contributed by atoms with Crippen molar-refractivity contribution in [1.29, 1.82) is 0 Å². The maximum absolute atomic E-state index is 11.3. The average Bonchev–Trinajstić information content (AvgIpc) is 2.49. The van der Waals surface area contributed by atoms with Crippen LogP contribution in [0.2, 0.25) is 0 Å². The van der Waals surface area contributed by atoms with E-state index < -0.39 is 6.10 Å². The fraction of sp³-hybridized carbons (Fsp3) is 0.895. The molecule has 0 spiro atoms. The molecular weight excluding hydrogens is 276 g/mol. The van der Waals surface area contributed by atoms with E-state index in [-0.39, 0.29) is 12.6 Å². The highest BCUT2D eigenvalue weighted by molar-refractivity contribution is 5.69. The Hall–Kier alpha value is -0.570. The molecule has 0 aromatic rings. The smallest absolute Gasteiger partial charge is 0.305 e. The van der Waals surface area contributed by atoms with E-state index in [1.165, 1.54) is 70.6 Å². The van der Waals surface area contributed by atoms with Gasteiger partial charge in [-0.1, -0.05) is 84.0 Å². The quantitative estimate of drug-likeness (QED) is 0.314. The van der Waals surface area contributed by atoms with Gasteiger partial charge in [-0.15, -0.1) is 0 Å². The largest absolute Gasteiger partial charge is 0.463 e. The fourth-order valence-electron chi connectivity index (χ4n) is 2.55. The van der Waals surface area contributed by atoms with Crippen molar-refractivity contribution in [2.24, 2.45) is 0 Å². The van der Waals surface area contributed by atoms with Gasteiger partial charge in [0.1, 0.15) is 6.61 Å². The van der Waals surface area contributed by atoms with Gasteiger partial charge < -0.3 is 9.84 Å². The summed E-state index contributed by atoms with van der Waals surface area (Å²) in [6, 6.07) is 0. The van der Waals surface area contributed by atoms with Gasteiger partial charge in [0.2, 0.25) is 0 Å². The van der Waals surface area contributed by atoms with Gasteiger partial charge in [0.15, 0.2) is 0 Å². The third-order valence-electron chi connectivity index (χ3n) is 3.92. The van der Waals surface area contributed by atoms with Crippen molar-refractivity contribution in [2.75, 3.05) is 6.61 Å². The molecule has 0 saturated carbocycles. The van der Waals surface area contributed by atoms with Gasteiger partial charge in [0.05, 0.1) is 6.10 Å².